The van der Waals surface area contributed by atoms with Gasteiger partial charge in [-0.15, -0.1) is 0 Å². The molecule has 84 valence electrons. The lowest BCUT2D eigenvalue weighted by Gasteiger charge is -1.97. The van der Waals surface area contributed by atoms with Gasteiger partial charge in [0.05, 0.1) is 0 Å². The number of aryl methyl sites for hydroxylation is 1. The quantitative estimate of drug-likeness (QED) is 0.868. The number of carbonyl (C=O) groups is 1. The van der Waals surface area contributed by atoms with Crippen molar-refractivity contribution in [3.05, 3.63) is 34.7 Å². The topological polar surface area (TPSA) is 53.1 Å². The zero-order chi connectivity index (χ0) is 11.7. The number of aliphatic carboxylic acids is 1. The van der Waals surface area contributed by atoms with E-state index in [9.17, 15) is 9.18 Å². The maximum Gasteiger partial charge on any atom is 0.303 e. The van der Waals surface area contributed by atoms with Crippen LogP contribution in [0.25, 0.3) is 10.9 Å². The Morgan fingerprint density at radius 1 is 1.50 bits per heavy atom. The number of carboxylic acid groups (broad SMARTS) is 1. The molecule has 0 saturated carbocycles. The van der Waals surface area contributed by atoms with Crippen molar-refractivity contribution < 1.29 is 14.3 Å². The minimum atomic E-state index is -0.901. The fraction of sp³-hybridized carbons (Fsp3) is 0.182. The second-order valence-corrected chi connectivity index (χ2v) is 3.88. The van der Waals surface area contributed by atoms with Crippen molar-refractivity contribution >= 4 is 28.5 Å². The summed E-state index contributed by atoms with van der Waals surface area (Å²) in [6, 6.07) is 4.27. The summed E-state index contributed by atoms with van der Waals surface area (Å²) in [5.74, 6) is -1.26. The van der Waals surface area contributed by atoms with Crippen molar-refractivity contribution in [2.45, 2.75) is 12.8 Å². The van der Waals surface area contributed by atoms with Gasteiger partial charge in [-0.1, -0.05) is 11.6 Å². The molecule has 0 aliphatic rings. The van der Waals surface area contributed by atoms with Gasteiger partial charge in [0.1, 0.15) is 11.0 Å². The van der Waals surface area contributed by atoms with E-state index < -0.39 is 5.97 Å². The molecule has 1 aromatic heterocycles. The van der Waals surface area contributed by atoms with Crippen molar-refractivity contribution in [3.63, 3.8) is 0 Å². The van der Waals surface area contributed by atoms with Gasteiger partial charge in [-0.2, -0.15) is 0 Å². The number of halogens is 2. The van der Waals surface area contributed by atoms with Crippen molar-refractivity contribution in [1.82, 2.24) is 4.98 Å². The molecule has 0 spiro atoms. The average molecular weight is 242 g/mol. The van der Waals surface area contributed by atoms with E-state index in [0.29, 0.717) is 21.6 Å². The fourth-order valence-corrected chi connectivity index (χ4v) is 1.96. The van der Waals surface area contributed by atoms with Gasteiger partial charge in [-0.25, -0.2) is 4.39 Å². The first-order valence-electron chi connectivity index (χ1n) is 4.75. The number of hydrogen-bond acceptors (Lipinski definition) is 1. The SMILES string of the molecule is O=C(O)CCc1c(Cl)[nH]c2ccc(F)cc12. The Hall–Kier alpha value is -1.55. The molecular weight excluding hydrogens is 233 g/mol. The molecule has 0 aliphatic heterocycles. The zero-order valence-corrected chi connectivity index (χ0v) is 9.01. The van der Waals surface area contributed by atoms with E-state index in [1.165, 1.54) is 12.1 Å². The summed E-state index contributed by atoms with van der Waals surface area (Å²) in [4.78, 5) is 13.4. The van der Waals surface area contributed by atoms with E-state index in [0.717, 1.165) is 0 Å². The summed E-state index contributed by atoms with van der Waals surface area (Å²) >= 11 is 5.93. The third-order valence-corrected chi connectivity index (χ3v) is 2.73. The summed E-state index contributed by atoms with van der Waals surface area (Å²) < 4.78 is 13.1. The van der Waals surface area contributed by atoms with Gasteiger partial charge in [0.15, 0.2) is 0 Å². The highest BCUT2D eigenvalue weighted by atomic mass is 35.5. The largest absolute Gasteiger partial charge is 0.481 e. The van der Waals surface area contributed by atoms with Crippen LogP contribution in [-0.2, 0) is 11.2 Å². The molecule has 16 heavy (non-hydrogen) atoms. The number of nitrogens with one attached hydrogen (secondary N) is 1. The highest BCUT2D eigenvalue weighted by Crippen LogP contribution is 2.27. The standard InChI is InChI=1S/C11H9ClFNO2/c12-11-7(2-4-10(15)16)8-5-6(13)1-3-9(8)14-11/h1,3,5,14H,2,4H2,(H,15,16). The second-order valence-electron chi connectivity index (χ2n) is 3.50. The minimum absolute atomic E-state index is 0.0246. The predicted octanol–water partition coefficient (Wildman–Crippen LogP) is 2.98. The maximum absolute atomic E-state index is 13.1. The molecule has 5 heteroatoms. The molecule has 0 fully saturated rings. The van der Waals surface area contributed by atoms with Crippen LogP contribution in [0.3, 0.4) is 0 Å². The predicted molar refractivity (Wildman–Crippen MR) is 59.2 cm³/mol. The molecule has 0 amide bonds. The second kappa shape index (κ2) is 4.14. The summed E-state index contributed by atoms with van der Waals surface area (Å²) in [5, 5.41) is 9.62. The summed E-state index contributed by atoms with van der Waals surface area (Å²) in [5.41, 5.74) is 1.37. The molecule has 2 N–H and O–H groups in total. The molecular formula is C11H9ClFNO2. The maximum atomic E-state index is 13.1. The fourth-order valence-electron chi connectivity index (χ4n) is 1.66. The van der Waals surface area contributed by atoms with E-state index in [1.807, 2.05) is 0 Å². The first-order valence-corrected chi connectivity index (χ1v) is 5.13. The molecule has 0 bridgehead atoms. The Morgan fingerprint density at radius 3 is 2.94 bits per heavy atom. The van der Waals surface area contributed by atoms with Crippen molar-refractivity contribution in [1.29, 1.82) is 0 Å². The molecule has 2 rings (SSSR count). The number of rotatable bonds is 3. The van der Waals surface area contributed by atoms with Gasteiger partial charge in [-0.05, 0) is 30.2 Å². The summed E-state index contributed by atoms with van der Waals surface area (Å²) in [6.45, 7) is 0. The first-order chi connectivity index (χ1) is 7.58. The molecule has 3 nitrogen and oxygen atoms in total. The van der Waals surface area contributed by atoms with Crippen molar-refractivity contribution in [2.24, 2.45) is 0 Å². The monoisotopic (exact) mass is 241 g/mol. The van der Waals surface area contributed by atoms with E-state index >= 15 is 0 Å². The van der Waals surface area contributed by atoms with Crippen molar-refractivity contribution in [2.75, 3.05) is 0 Å². The van der Waals surface area contributed by atoms with Crippen LogP contribution < -0.4 is 0 Å². The van der Waals surface area contributed by atoms with E-state index in [4.69, 9.17) is 16.7 Å². The van der Waals surface area contributed by atoms with Crippen LogP contribution >= 0.6 is 11.6 Å². The molecule has 1 aromatic carbocycles. The Kier molecular flexibility index (Phi) is 2.83. The lowest BCUT2D eigenvalue weighted by molar-refractivity contribution is -0.136. The number of benzene rings is 1. The van der Waals surface area contributed by atoms with Crippen LogP contribution in [0.1, 0.15) is 12.0 Å². The van der Waals surface area contributed by atoms with E-state index in [2.05, 4.69) is 4.98 Å². The Morgan fingerprint density at radius 2 is 2.25 bits per heavy atom. The highest BCUT2D eigenvalue weighted by molar-refractivity contribution is 6.31. The van der Waals surface area contributed by atoms with Crippen LogP contribution in [0.15, 0.2) is 18.2 Å². The normalized spacial score (nSPS) is 10.9. The first kappa shape index (κ1) is 11.0. The number of hydrogen-bond donors (Lipinski definition) is 2. The molecule has 0 radical (unpaired) electrons. The minimum Gasteiger partial charge on any atom is -0.481 e. The van der Waals surface area contributed by atoms with Gasteiger partial charge >= 0.3 is 5.97 Å². The van der Waals surface area contributed by atoms with E-state index in [-0.39, 0.29) is 18.7 Å². The number of aromatic nitrogens is 1. The van der Waals surface area contributed by atoms with Crippen LogP contribution in [0.5, 0.6) is 0 Å². The lowest BCUT2D eigenvalue weighted by atomic mass is 10.1. The molecule has 1 heterocycles. The number of carboxylic acids is 1. The number of fused-ring (bicyclic) bond motifs is 1. The average Bonchev–Trinajstić information content (AvgIpc) is 2.51. The third-order valence-electron chi connectivity index (χ3n) is 2.40. The molecule has 0 aliphatic carbocycles. The van der Waals surface area contributed by atoms with Crippen molar-refractivity contribution in [3.8, 4) is 0 Å². The molecule has 0 saturated heterocycles. The highest BCUT2D eigenvalue weighted by Gasteiger charge is 2.11. The van der Waals surface area contributed by atoms with Crippen LogP contribution in [0, 0.1) is 5.82 Å². The third kappa shape index (κ3) is 2.02. The molecule has 0 atom stereocenters. The van der Waals surface area contributed by atoms with Crippen LogP contribution in [-0.4, -0.2) is 16.1 Å². The Bertz CT molecular complexity index is 550. The summed E-state index contributed by atoms with van der Waals surface area (Å²) in [6.07, 6.45) is 0.265. The van der Waals surface area contributed by atoms with Gasteiger partial charge in [0.25, 0.3) is 0 Å². The Balaban J connectivity index is 2.45. The van der Waals surface area contributed by atoms with Gasteiger partial charge in [-0.3, -0.25) is 4.79 Å². The van der Waals surface area contributed by atoms with Gasteiger partial charge in [0.2, 0.25) is 0 Å². The van der Waals surface area contributed by atoms with Gasteiger partial charge < -0.3 is 10.1 Å². The lowest BCUT2D eigenvalue weighted by Crippen LogP contribution is -1.97. The van der Waals surface area contributed by atoms with Gasteiger partial charge in [0, 0.05) is 17.3 Å². The molecule has 0 unspecified atom stereocenters. The van der Waals surface area contributed by atoms with Crippen LogP contribution in [0.4, 0.5) is 4.39 Å². The number of H-pyrrole nitrogens is 1. The zero-order valence-electron chi connectivity index (χ0n) is 8.26. The smallest absolute Gasteiger partial charge is 0.303 e. The van der Waals surface area contributed by atoms with Crippen LogP contribution in [0.2, 0.25) is 5.15 Å². The number of aromatic amines is 1. The Labute approximate surface area is 95.8 Å². The summed E-state index contributed by atoms with van der Waals surface area (Å²) in [7, 11) is 0. The van der Waals surface area contributed by atoms with E-state index in [1.54, 1.807) is 6.07 Å². The molecule has 2 aromatic rings.